The number of carbonyl (C=O) groups is 2. The number of benzene rings is 1. The number of hydrogen-bond donors (Lipinski definition) is 2. The molecule has 0 saturated heterocycles. The van der Waals surface area contributed by atoms with Crippen molar-refractivity contribution >= 4 is 17.5 Å². The summed E-state index contributed by atoms with van der Waals surface area (Å²) >= 11 is 0. The number of amides is 2. The number of nitrogens with one attached hydrogen (secondary N) is 2. The van der Waals surface area contributed by atoms with Gasteiger partial charge in [-0.1, -0.05) is 6.07 Å². The average Bonchev–Trinajstić information content (AvgIpc) is 3.19. The molecule has 19 heavy (non-hydrogen) atoms. The van der Waals surface area contributed by atoms with Gasteiger partial charge < -0.3 is 15.5 Å². The highest BCUT2D eigenvalue weighted by molar-refractivity contribution is 5.97. The van der Waals surface area contributed by atoms with Gasteiger partial charge in [-0.2, -0.15) is 0 Å². The number of nitrogens with zero attached hydrogens (tertiary/aromatic N) is 1. The van der Waals surface area contributed by atoms with Crippen molar-refractivity contribution < 1.29 is 9.59 Å². The third kappa shape index (κ3) is 4.06. The van der Waals surface area contributed by atoms with Gasteiger partial charge in [0.25, 0.3) is 5.91 Å². The van der Waals surface area contributed by atoms with Crippen LogP contribution in [0.25, 0.3) is 0 Å². The molecule has 0 atom stereocenters. The molecule has 1 aliphatic rings. The third-order valence-electron chi connectivity index (χ3n) is 2.93. The van der Waals surface area contributed by atoms with E-state index in [1.54, 1.807) is 38.4 Å². The molecular formula is C14H19N3O2. The van der Waals surface area contributed by atoms with Gasteiger partial charge in [0.05, 0.1) is 6.54 Å². The van der Waals surface area contributed by atoms with E-state index in [1.807, 2.05) is 0 Å². The van der Waals surface area contributed by atoms with Crippen molar-refractivity contribution in [3.8, 4) is 0 Å². The lowest BCUT2D eigenvalue weighted by molar-refractivity contribution is -0.115. The molecule has 1 fully saturated rings. The van der Waals surface area contributed by atoms with E-state index in [2.05, 4.69) is 10.6 Å². The summed E-state index contributed by atoms with van der Waals surface area (Å²) in [6, 6.07) is 7.48. The lowest BCUT2D eigenvalue weighted by Gasteiger charge is -2.11. The Bertz CT molecular complexity index is 481. The van der Waals surface area contributed by atoms with Gasteiger partial charge >= 0.3 is 0 Å². The van der Waals surface area contributed by atoms with Crippen molar-refractivity contribution in [1.82, 2.24) is 10.2 Å². The molecule has 5 heteroatoms. The highest BCUT2D eigenvalue weighted by Gasteiger charge is 2.21. The lowest BCUT2D eigenvalue weighted by Crippen LogP contribution is -2.29. The van der Waals surface area contributed by atoms with Crippen LogP contribution in [0.5, 0.6) is 0 Å². The van der Waals surface area contributed by atoms with E-state index in [4.69, 9.17) is 0 Å². The Morgan fingerprint density at radius 1 is 1.32 bits per heavy atom. The Morgan fingerprint density at radius 2 is 2.05 bits per heavy atom. The van der Waals surface area contributed by atoms with Crippen molar-refractivity contribution in [2.75, 3.05) is 26.0 Å². The molecule has 2 amide bonds. The maximum absolute atomic E-state index is 11.8. The fraction of sp³-hybridized carbons (Fsp3) is 0.429. The highest BCUT2D eigenvalue weighted by atomic mass is 16.2. The Morgan fingerprint density at radius 3 is 2.68 bits per heavy atom. The zero-order valence-electron chi connectivity index (χ0n) is 11.3. The molecule has 5 nitrogen and oxygen atoms in total. The minimum absolute atomic E-state index is 0.0767. The molecule has 0 unspecified atom stereocenters. The molecule has 1 aromatic carbocycles. The van der Waals surface area contributed by atoms with Crippen LogP contribution in [-0.4, -0.2) is 43.4 Å². The second-order valence-electron chi connectivity index (χ2n) is 4.98. The quantitative estimate of drug-likeness (QED) is 0.833. The van der Waals surface area contributed by atoms with E-state index >= 15 is 0 Å². The Hall–Kier alpha value is -1.88. The van der Waals surface area contributed by atoms with Crippen molar-refractivity contribution in [2.24, 2.45) is 0 Å². The van der Waals surface area contributed by atoms with Crippen LogP contribution in [0.4, 0.5) is 5.69 Å². The molecule has 2 rings (SSSR count). The van der Waals surface area contributed by atoms with Crippen LogP contribution >= 0.6 is 0 Å². The minimum Gasteiger partial charge on any atom is -0.345 e. The van der Waals surface area contributed by atoms with E-state index in [0.717, 1.165) is 12.8 Å². The fourth-order valence-electron chi connectivity index (χ4n) is 1.72. The van der Waals surface area contributed by atoms with Gasteiger partial charge in [-0.25, -0.2) is 0 Å². The summed E-state index contributed by atoms with van der Waals surface area (Å²) in [5, 5.41) is 5.93. The summed E-state index contributed by atoms with van der Waals surface area (Å²) in [5.41, 5.74) is 1.22. The fourth-order valence-corrected chi connectivity index (χ4v) is 1.72. The average molecular weight is 261 g/mol. The normalized spacial score (nSPS) is 14.0. The summed E-state index contributed by atoms with van der Waals surface area (Å²) in [6.45, 7) is 0.316. The molecule has 1 aromatic rings. The molecule has 2 N–H and O–H groups in total. The molecular weight excluding hydrogens is 242 g/mol. The monoisotopic (exact) mass is 261 g/mol. The van der Waals surface area contributed by atoms with Crippen molar-refractivity contribution in [2.45, 2.75) is 18.9 Å². The summed E-state index contributed by atoms with van der Waals surface area (Å²) in [5.74, 6) is -0.159. The largest absolute Gasteiger partial charge is 0.345 e. The number of rotatable bonds is 5. The third-order valence-corrected chi connectivity index (χ3v) is 2.93. The van der Waals surface area contributed by atoms with Crippen molar-refractivity contribution in [1.29, 1.82) is 0 Å². The second-order valence-corrected chi connectivity index (χ2v) is 4.98. The molecule has 0 heterocycles. The minimum atomic E-state index is -0.0821. The van der Waals surface area contributed by atoms with E-state index < -0.39 is 0 Å². The Labute approximate surface area is 113 Å². The van der Waals surface area contributed by atoms with Gasteiger partial charge in [0.15, 0.2) is 0 Å². The van der Waals surface area contributed by atoms with Crippen LogP contribution in [0.15, 0.2) is 24.3 Å². The Balaban J connectivity index is 1.93. The maximum Gasteiger partial charge on any atom is 0.253 e. The van der Waals surface area contributed by atoms with Gasteiger partial charge in [-0.3, -0.25) is 9.59 Å². The number of hydrogen-bond acceptors (Lipinski definition) is 3. The summed E-state index contributed by atoms with van der Waals surface area (Å²) in [6.07, 6.45) is 2.31. The molecule has 0 aliphatic heterocycles. The first-order valence-electron chi connectivity index (χ1n) is 6.41. The zero-order valence-corrected chi connectivity index (χ0v) is 11.3. The highest BCUT2D eigenvalue weighted by Crippen LogP contribution is 2.18. The van der Waals surface area contributed by atoms with Gasteiger partial charge in [0.2, 0.25) is 5.91 Å². The summed E-state index contributed by atoms with van der Waals surface area (Å²) in [4.78, 5) is 25.0. The van der Waals surface area contributed by atoms with Crippen LogP contribution in [0, 0.1) is 0 Å². The molecule has 1 saturated carbocycles. The molecule has 102 valence electrons. The van der Waals surface area contributed by atoms with Gasteiger partial charge in [0.1, 0.15) is 0 Å². The van der Waals surface area contributed by atoms with E-state index in [1.165, 1.54) is 4.90 Å². The first-order chi connectivity index (χ1) is 9.06. The summed E-state index contributed by atoms with van der Waals surface area (Å²) < 4.78 is 0. The first-order valence-corrected chi connectivity index (χ1v) is 6.41. The smallest absolute Gasteiger partial charge is 0.253 e. The standard InChI is InChI=1S/C14H19N3O2/c1-17(2)14(19)10-4-3-5-12(8-10)16-13(18)9-15-11-6-7-11/h3-5,8,11,15H,6-7,9H2,1-2H3,(H,16,18). The van der Waals surface area contributed by atoms with Gasteiger partial charge in [-0.05, 0) is 31.0 Å². The lowest BCUT2D eigenvalue weighted by atomic mass is 10.2. The van der Waals surface area contributed by atoms with Crippen LogP contribution in [0.2, 0.25) is 0 Å². The van der Waals surface area contributed by atoms with Crippen molar-refractivity contribution in [3.05, 3.63) is 29.8 Å². The van der Waals surface area contributed by atoms with Crippen LogP contribution in [0.3, 0.4) is 0 Å². The predicted molar refractivity (Wildman–Crippen MR) is 74.1 cm³/mol. The molecule has 0 bridgehead atoms. The van der Waals surface area contributed by atoms with E-state index in [9.17, 15) is 9.59 Å². The zero-order chi connectivity index (χ0) is 13.8. The number of anilines is 1. The van der Waals surface area contributed by atoms with Crippen LogP contribution in [-0.2, 0) is 4.79 Å². The second kappa shape index (κ2) is 5.84. The van der Waals surface area contributed by atoms with Crippen LogP contribution in [0.1, 0.15) is 23.2 Å². The van der Waals surface area contributed by atoms with Crippen LogP contribution < -0.4 is 10.6 Å². The SMILES string of the molecule is CN(C)C(=O)c1cccc(NC(=O)CNC2CC2)c1. The maximum atomic E-state index is 11.8. The topological polar surface area (TPSA) is 61.4 Å². The predicted octanol–water partition coefficient (Wildman–Crippen LogP) is 1.08. The number of carbonyl (C=O) groups excluding carboxylic acids is 2. The van der Waals surface area contributed by atoms with E-state index in [-0.39, 0.29) is 11.8 Å². The first kappa shape index (κ1) is 13.5. The Kier molecular flexibility index (Phi) is 4.16. The summed E-state index contributed by atoms with van der Waals surface area (Å²) in [7, 11) is 3.40. The van der Waals surface area contributed by atoms with E-state index in [0.29, 0.717) is 23.8 Å². The molecule has 1 aliphatic carbocycles. The molecule has 0 spiro atoms. The molecule has 0 radical (unpaired) electrons. The van der Waals surface area contributed by atoms with Gasteiger partial charge in [-0.15, -0.1) is 0 Å². The molecule has 0 aromatic heterocycles. The van der Waals surface area contributed by atoms with Crippen molar-refractivity contribution in [3.63, 3.8) is 0 Å². The van der Waals surface area contributed by atoms with Gasteiger partial charge in [0, 0.05) is 31.4 Å².